The van der Waals surface area contributed by atoms with Gasteiger partial charge in [0, 0.05) is 11.3 Å². The molecule has 0 saturated carbocycles. The summed E-state index contributed by atoms with van der Waals surface area (Å²) in [5, 5.41) is 2.83. The van der Waals surface area contributed by atoms with Gasteiger partial charge < -0.3 is 10.1 Å². The Bertz CT molecular complexity index is 1110. The molecule has 1 fully saturated rings. The van der Waals surface area contributed by atoms with Crippen LogP contribution in [0, 0.1) is 6.92 Å². The van der Waals surface area contributed by atoms with E-state index in [4.69, 9.17) is 4.74 Å². The molecule has 1 N–H and O–H groups in total. The first-order valence-electron chi connectivity index (χ1n) is 9.92. The highest BCUT2D eigenvalue weighted by molar-refractivity contribution is 8.18. The van der Waals surface area contributed by atoms with Gasteiger partial charge in [-0.15, -0.1) is 0 Å². The van der Waals surface area contributed by atoms with Gasteiger partial charge in [0.05, 0.1) is 11.6 Å². The molecule has 0 bridgehead atoms. The summed E-state index contributed by atoms with van der Waals surface area (Å²) in [6.07, 6.45) is 1.72. The molecule has 5 nitrogen and oxygen atoms in total. The lowest BCUT2D eigenvalue weighted by Gasteiger charge is -2.14. The molecule has 3 aromatic rings. The van der Waals surface area contributed by atoms with Crippen molar-refractivity contribution in [3.8, 4) is 5.75 Å². The van der Waals surface area contributed by atoms with E-state index in [0.717, 1.165) is 34.1 Å². The second-order valence-corrected chi connectivity index (χ2v) is 8.12. The van der Waals surface area contributed by atoms with E-state index in [0.29, 0.717) is 17.3 Å². The molecule has 0 radical (unpaired) electrons. The Balaban J connectivity index is 1.45. The summed E-state index contributed by atoms with van der Waals surface area (Å²) < 4.78 is 5.96. The molecule has 0 spiro atoms. The fourth-order valence-electron chi connectivity index (χ4n) is 3.09. The molecular weight excluding hydrogens is 408 g/mol. The lowest BCUT2D eigenvalue weighted by Crippen LogP contribution is -2.33. The molecule has 0 unspecified atom stereocenters. The number of amides is 2. The molecule has 0 aliphatic carbocycles. The Morgan fingerprint density at radius 1 is 0.935 bits per heavy atom. The van der Waals surface area contributed by atoms with Gasteiger partial charge in [-0.2, -0.15) is 0 Å². The highest BCUT2D eigenvalue weighted by Gasteiger charge is 2.35. The average molecular weight is 431 g/mol. The van der Waals surface area contributed by atoms with Crippen molar-refractivity contribution >= 4 is 34.7 Å². The Kier molecular flexibility index (Phi) is 6.38. The van der Waals surface area contributed by atoms with E-state index in [1.165, 1.54) is 4.90 Å². The molecule has 0 atom stereocenters. The third-order valence-electron chi connectivity index (χ3n) is 4.81. The number of para-hydroxylation sites is 1. The normalized spacial score (nSPS) is 14.9. The van der Waals surface area contributed by atoms with E-state index < -0.39 is 0 Å². The zero-order chi connectivity index (χ0) is 21.6. The van der Waals surface area contributed by atoms with Crippen molar-refractivity contribution < 1.29 is 14.3 Å². The van der Waals surface area contributed by atoms with Crippen LogP contribution in [-0.4, -0.2) is 22.7 Å². The summed E-state index contributed by atoms with van der Waals surface area (Å²) in [7, 11) is 0. The molecule has 1 aliphatic heterocycles. The minimum atomic E-state index is -0.313. The van der Waals surface area contributed by atoms with E-state index in [2.05, 4.69) is 5.32 Å². The van der Waals surface area contributed by atoms with Crippen molar-refractivity contribution in [3.05, 3.63) is 100 Å². The van der Waals surface area contributed by atoms with Gasteiger partial charge in [-0.1, -0.05) is 66.2 Å². The first-order chi connectivity index (χ1) is 15.1. The SMILES string of the molecule is Cc1ccc(NCN2C(=O)S/C(=C\c3ccccc3OCc3ccccc3)C2=O)cc1. The van der Waals surface area contributed by atoms with Gasteiger partial charge in [0.25, 0.3) is 11.1 Å². The number of thioether (sulfide) groups is 1. The van der Waals surface area contributed by atoms with Gasteiger partial charge >= 0.3 is 0 Å². The van der Waals surface area contributed by atoms with Crippen molar-refractivity contribution in [3.63, 3.8) is 0 Å². The quantitative estimate of drug-likeness (QED) is 0.489. The average Bonchev–Trinajstić information content (AvgIpc) is 3.06. The molecule has 3 aromatic carbocycles. The molecular formula is C25H22N2O3S. The molecule has 31 heavy (non-hydrogen) atoms. The fourth-order valence-corrected chi connectivity index (χ4v) is 3.92. The van der Waals surface area contributed by atoms with Crippen LogP contribution in [0.15, 0.2) is 83.8 Å². The molecule has 4 rings (SSSR count). The van der Waals surface area contributed by atoms with Crippen LogP contribution in [-0.2, 0) is 11.4 Å². The minimum absolute atomic E-state index is 0.122. The van der Waals surface area contributed by atoms with Gasteiger partial charge in [-0.25, -0.2) is 0 Å². The van der Waals surface area contributed by atoms with Crippen molar-refractivity contribution in [2.75, 3.05) is 12.0 Å². The molecule has 1 heterocycles. The smallest absolute Gasteiger partial charge is 0.295 e. The molecule has 1 saturated heterocycles. The topological polar surface area (TPSA) is 58.6 Å². The van der Waals surface area contributed by atoms with Gasteiger partial charge in [0.2, 0.25) is 0 Å². The number of aryl methyl sites for hydroxylation is 1. The maximum absolute atomic E-state index is 12.8. The van der Waals surface area contributed by atoms with Gasteiger partial charge in [-0.05, 0) is 48.5 Å². The molecule has 2 amide bonds. The van der Waals surface area contributed by atoms with E-state index in [9.17, 15) is 9.59 Å². The molecule has 6 heteroatoms. The van der Waals surface area contributed by atoms with Gasteiger partial charge in [-0.3, -0.25) is 14.5 Å². The predicted octanol–water partition coefficient (Wildman–Crippen LogP) is 5.68. The van der Waals surface area contributed by atoms with Crippen LogP contribution in [0.2, 0.25) is 0 Å². The second-order valence-electron chi connectivity index (χ2n) is 7.12. The number of imide groups is 1. The van der Waals surface area contributed by atoms with Crippen molar-refractivity contribution in [2.24, 2.45) is 0 Å². The lowest BCUT2D eigenvalue weighted by molar-refractivity contribution is -0.122. The van der Waals surface area contributed by atoms with E-state index in [-0.39, 0.29) is 17.8 Å². The van der Waals surface area contributed by atoms with Crippen LogP contribution in [0.25, 0.3) is 6.08 Å². The summed E-state index contributed by atoms with van der Waals surface area (Å²) in [5.41, 5.74) is 3.82. The van der Waals surface area contributed by atoms with Gasteiger partial charge in [0.1, 0.15) is 12.4 Å². The van der Waals surface area contributed by atoms with Crippen LogP contribution in [0.1, 0.15) is 16.7 Å². The summed E-state index contributed by atoms with van der Waals surface area (Å²) in [6.45, 7) is 2.55. The standard InChI is InChI=1S/C25H22N2O3S/c1-18-11-13-21(14-12-18)26-17-27-24(28)23(31-25(27)29)15-20-9-5-6-10-22(20)30-16-19-7-3-2-4-8-19/h2-15,26H,16-17H2,1H3/b23-15-. The summed E-state index contributed by atoms with van der Waals surface area (Å²) in [4.78, 5) is 26.8. The van der Waals surface area contributed by atoms with Crippen molar-refractivity contribution in [1.82, 2.24) is 4.90 Å². The third kappa shape index (κ3) is 5.16. The first-order valence-corrected chi connectivity index (χ1v) is 10.7. The monoisotopic (exact) mass is 430 g/mol. The number of ether oxygens (including phenoxy) is 1. The third-order valence-corrected chi connectivity index (χ3v) is 5.72. The zero-order valence-electron chi connectivity index (χ0n) is 17.1. The summed E-state index contributed by atoms with van der Waals surface area (Å²) in [5.74, 6) is 0.350. The Hall–Kier alpha value is -3.51. The Labute approximate surface area is 185 Å². The van der Waals surface area contributed by atoms with Crippen LogP contribution >= 0.6 is 11.8 Å². The van der Waals surface area contributed by atoms with E-state index in [1.54, 1.807) is 6.08 Å². The fraction of sp³-hybridized carbons (Fsp3) is 0.120. The number of benzene rings is 3. The van der Waals surface area contributed by atoms with Crippen LogP contribution in [0.3, 0.4) is 0 Å². The maximum atomic E-state index is 12.8. The number of rotatable bonds is 7. The summed E-state index contributed by atoms with van der Waals surface area (Å²) >= 11 is 0.940. The Morgan fingerprint density at radius 2 is 1.65 bits per heavy atom. The molecule has 1 aliphatic rings. The van der Waals surface area contributed by atoms with Crippen molar-refractivity contribution in [1.29, 1.82) is 0 Å². The van der Waals surface area contributed by atoms with Crippen LogP contribution in [0.5, 0.6) is 5.75 Å². The first kappa shape index (κ1) is 20.8. The molecule has 156 valence electrons. The van der Waals surface area contributed by atoms with Crippen molar-refractivity contribution in [2.45, 2.75) is 13.5 Å². The highest BCUT2D eigenvalue weighted by atomic mass is 32.2. The molecule has 0 aromatic heterocycles. The number of carbonyl (C=O) groups excluding carboxylic acids is 2. The van der Waals surface area contributed by atoms with Crippen LogP contribution in [0.4, 0.5) is 10.5 Å². The number of anilines is 1. The Morgan fingerprint density at radius 3 is 2.42 bits per heavy atom. The van der Waals surface area contributed by atoms with E-state index >= 15 is 0 Å². The number of hydrogen-bond donors (Lipinski definition) is 1. The maximum Gasteiger partial charge on any atom is 0.295 e. The van der Waals surface area contributed by atoms with Gasteiger partial charge in [0.15, 0.2) is 0 Å². The zero-order valence-corrected chi connectivity index (χ0v) is 17.9. The summed E-state index contributed by atoms with van der Waals surface area (Å²) in [6, 6.07) is 25.2. The predicted molar refractivity (Wildman–Crippen MR) is 125 cm³/mol. The van der Waals surface area contributed by atoms with E-state index in [1.807, 2.05) is 85.8 Å². The highest BCUT2D eigenvalue weighted by Crippen LogP contribution is 2.34. The van der Waals surface area contributed by atoms with Crippen LogP contribution < -0.4 is 10.1 Å². The largest absolute Gasteiger partial charge is 0.488 e. The lowest BCUT2D eigenvalue weighted by atomic mass is 10.1. The minimum Gasteiger partial charge on any atom is -0.488 e. The number of hydrogen-bond acceptors (Lipinski definition) is 5. The number of nitrogens with one attached hydrogen (secondary N) is 1. The second kappa shape index (κ2) is 9.53. The number of nitrogens with zero attached hydrogens (tertiary/aromatic N) is 1. The number of carbonyl (C=O) groups is 2.